The Balaban J connectivity index is 1.93. The van der Waals surface area contributed by atoms with Crippen LogP contribution in [-0.4, -0.2) is 59.2 Å². The second-order valence-corrected chi connectivity index (χ2v) is 9.41. The van der Waals surface area contributed by atoms with Crippen molar-refractivity contribution in [1.82, 2.24) is 24.8 Å². The molecule has 0 fully saturated rings. The van der Waals surface area contributed by atoms with Crippen LogP contribution in [0.25, 0.3) is 23.5 Å². The number of aryl methyl sites for hydroxylation is 1. The first-order valence-electron chi connectivity index (χ1n) is 12.1. The molecule has 1 atom stereocenters. The zero-order valence-corrected chi connectivity index (χ0v) is 22.4. The second-order valence-electron chi connectivity index (χ2n) is 8.43. The molecule has 0 saturated heterocycles. The van der Waals surface area contributed by atoms with Crippen LogP contribution in [-0.2, 0) is 6.42 Å². The molecule has 0 radical (unpaired) electrons. The Morgan fingerprint density at radius 1 is 1.25 bits per heavy atom. The predicted octanol–water partition coefficient (Wildman–Crippen LogP) is 5.39. The Bertz CT molecular complexity index is 1240. The Hall–Kier alpha value is -3.32. The topological polar surface area (TPSA) is 73.0 Å². The highest BCUT2D eigenvalue weighted by Crippen LogP contribution is 2.37. The van der Waals surface area contributed by atoms with E-state index >= 15 is 0 Å². The van der Waals surface area contributed by atoms with Gasteiger partial charge in [-0.15, -0.1) is 0 Å². The summed E-state index contributed by atoms with van der Waals surface area (Å²) in [5.74, 6) is 1.31. The van der Waals surface area contributed by atoms with E-state index < -0.39 is 0 Å². The van der Waals surface area contributed by atoms with Crippen LogP contribution in [0.3, 0.4) is 0 Å². The van der Waals surface area contributed by atoms with E-state index in [0.717, 1.165) is 43.4 Å². The normalized spacial score (nSPS) is 12.3. The summed E-state index contributed by atoms with van der Waals surface area (Å²) in [6, 6.07) is 8.49. The third-order valence-electron chi connectivity index (χ3n) is 6.05. The minimum absolute atomic E-state index is 0.236. The van der Waals surface area contributed by atoms with E-state index in [1.165, 1.54) is 23.5 Å². The number of benzene rings is 1. The van der Waals surface area contributed by atoms with Gasteiger partial charge < -0.3 is 10.2 Å². The van der Waals surface area contributed by atoms with Crippen molar-refractivity contribution in [1.29, 1.82) is 5.26 Å². The number of hydrogen-bond acceptors (Lipinski definition) is 7. The first kappa shape index (κ1) is 27.3. The van der Waals surface area contributed by atoms with Gasteiger partial charge in [-0.05, 0) is 57.3 Å². The van der Waals surface area contributed by atoms with Gasteiger partial charge in [-0.2, -0.15) is 5.26 Å². The number of likely N-dealkylation sites (N-methyl/N-ethyl adjacent to an activating group) is 2. The molecule has 0 bridgehead atoms. The van der Waals surface area contributed by atoms with Crippen LogP contribution < -0.4 is 10.2 Å². The number of hydrogen-bond donors (Lipinski definition) is 1. The molecule has 2 heterocycles. The average molecular weight is 508 g/mol. The number of nitrogens with one attached hydrogen (secondary N) is 1. The minimum atomic E-state index is -0.328. The molecule has 3 rings (SSSR count). The Labute approximate surface area is 217 Å². The monoisotopic (exact) mass is 507 g/mol. The molecular formula is C27H34FN7S. The van der Waals surface area contributed by atoms with Crippen molar-refractivity contribution in [2.75, 3.05) is 38.6 Å². The van der Waals surface area contributed by atoms with E-state index in [9.17, 15) is 9.65 Å². The zero-order chi connectivity index (χ0) is 26.2. The fourth-order valence-electron chi connectivity index (χ4n) is 3.81. The highest BCUT2D eigenvalue weighted by atomic mass is 32.1. The van der Waals surface area contributed by atoms with Gasteiger partial charge in [0.2, 0.25) is 0 Å². The Morgan fingerprint density at radius 3 is 2.58 bits per heavy atom. The van der Waals surface area contributed by atoms with E-state index in [2.05, 4.69) is 56.8 Å². The number of thiazole rings is 1. The lowest BCUT2D eigenvalue weighted by molar-refractivity contribution is 0.297. The van der Waals surface area contributed by atoms with Crippen molar-refractivity contribution >= 4 is 34.6 Å². The molecule has 9 heteroatoms. The van der Waals surface area contributed by atoms with Crippen LogP contribution in [0.15, 0.2) is 36.9 Å². The molecule has 0 aliphatic carbocycles. The summed E-state index contributed by atoms with van der Waals surface area (Å²) in [6.45, 7) is 13.2. The van der Waals surface area contributed by atoms with Crippen LogP contribution in [0.4, 0.5) is 15.3 Å². The van der Waals surface area contributed by atoms with Crippen LogP contribution in [0.2, 0.25) is 0 Å². The van der Waals surface area contributed by atoms with Gasteiger partial charge in [0, 0.05) is 37.9 Å². The Morgan fingerprint density at radius 2 is 1.97 bits per heavy atom. The molecule has 0 spiro atoms. The third-order valence-corrected chi connectivity index (χ3v) is 7.09. The lowest BCUT2D eigenvalue weighted by Gasteiger charge is -2.22. The number of aromatic nitrogens is 3. The molecule has 0 aliphatic heterocycles. The van der Waals surface area contributed by atoms with Crippen molar-refractivity contribution in [3.63, 3.8) is 0 Å². The van der Waals surface area contributed by atoms with E-state index in [-0.39, 0.29) is 11.9 Å². The lowest BCUT2D eigenvalue weighted by Crippen LogP contribution is -2.34. The fourth-order valence-corrected chi connectivity index (χ4v) is 4.66. The molecule has 36 heavy (non-hydrogen) atoms. The van der Waals surface area contributed by atoms with Gasteiger partial charge in [0.1, 0.15) is 34.1 Å². The van der Waals surface area contributed by atoms with Crippen LogP contribution in [0, 0.1) is 17.1 Å². The first-order chi connectivity index (χ1) is 17.3. The molecule has 2 aromatic heterocycles. The molecule has 7 nitrogen and oxygen atoms in total. The number of anilines is 2. The van der Waals surface area contributed by atoms with E-state index in [1.54, 1.807) is 18.3 Å². The summed E-state index contributed by atoms with van der Waals surface area (Å²) >= 11 is 1.29. The van der Waals surface area contributed by atoms with Gasteiger partial charge >= 0.3 is 0 Å². The summed E-state index contributed by atoms with van der Waals surface area (Å²) in [6.07, 6.45) is 6.64. The predicted molar refractivity (Wildman–Crippen MR) is 148 cm³/mol. The molecule has 1 aromatic carbocycles. The zero-order valence-electron chi connectivity index (χ0n) is 21.6. The van der Waals surface area contributed by atoms with Gasteiger partial charge in [-0.3, -0.25) is 9.47 Å². The fraction of sp³-hybridized carbons (Fsp3) is 0.370. The minimum Gasteiger partial charge on any atom is -0.316 e. The SMILES string of the molecule is C=Cn1c(/C=C\C(C)N(C)CCNCC)nc(CC)c1N(C)c1nc(-c2ccc(F)cc2)c(C#N)s1. The van der Waals surface area contributed by atoms with Crippen molar-refractivity contribution in [3.05, 3.63) is 59.1 Å². The van der Waals surface area contributed by atoms with Gasteiger partial charge in [0.05, 0.1) is 5.69 Å². The maximum atomic E-state index is 13.4. The highest BCUT2D eigenvalue weighted by Gasteiger charge is 2.23. The number of halogens is 1. The van der Waals surface area contributed by atoms with Gasteiger partial charge in [0.15, 0.2) is 5.13 Å². The molecule has 190 valence electrons. The lowest BCUT2D eigenvalue weighted by atomic mass is 10.1. The van der Waals surface area contributed by atoms with Crippen molar-refractivity contribution in [2.24, 2.45) is 0 Å². The van der Waals surface area contributed by atoms with Gasteiger partial charge in [-0.1, -0.05) is 37.8 Å². The molecule has 0 saturated carbocycles. The largest absolute Gasteiger partial charge is 0.316 e. The standard InChI is InChI=1S/C27H34FN7S/c1-7-22-26(35(9-3)24(31-22)15-10-19(4)33(5)17-16-30-8-2)34(6)27-32-25(23(18-29)36-27)20-11-13-21(28)14-12-20/h9-15,19,30H,3,7-8,16-17H2,1-2,4-6H3/b15-10-. The second kappa shape index (κ2) is 12.6. The molecular weight excluding hydrogens is 473 g/mol. The quantitative estimate of drug-likeness (QED) is 0.331. The number of nitriles is 1. The summed E-state index contributed by atoms with van der Waals surface area (Å²) in [7, 11) is 4.02. The van der Waals surface area contributed by atoms with Crippen LogP contribution in [0.5, 0.6) is 0 Å². The maximum Gasteiger partial charge on any atom is 0.192 e. The molecule has 1 N–H and O–H groups in total. The summed E-state index contributed by atoms with van der Waals surface area (Å²) < 4.78 is 15.4. The average Bonchev–Trinajstić information content (AvgIpc) is 3.48. The summed E-state index contributed by atoms with van der Waals surface area (Å²) in [5.41, 5.74) is 2.15. The highest BCUT2D eigenvalue weighted by molar-refractivity contribution is 7.16. The summed E-state index contributed by atoms with van der Waals surface area (Å²) in [5, 5.41) is 13.7. The number of imidazole rings is 1. The van der Waals surface area contributed by atoms with Gasteiger partial charge in [-0.25, -0.2) is 14.4 Å². The van der Waals surface area contributed by atoms with Crippen molar-refractivity contribution in [2.45, 2.75) is 33.2 Å². The van der Waals surface area contributed by atoms with E-state index in [0.29, 0.717) is 21.3 Å². The van der Waals surface area contributed by atoms with E-state index in [1.807, 2.05) is 22.6 Å². The summed E-state index contributed by atoms with van der Waals surface area (Å²) in [4.78, 5) is 14.3. The Kier molecular flexibility index (Phi) is 9.53. The molecule has 0 amide bonds. The third kappa shape index (κ3) is 6.08. The van der Waals surface area contributed by atoms with Gasteiger partial charge in [0.25, 0.3) is 0 Å². The molecule has 1 unspecified atom stereocenters. The maximum absolute atomic E-state index is 13.4. The smallest absolute Gasteiger partial charge is 0.192 e. The number of rotatable bonds is 12. The van der Waals surface area contributed by atoms with Crippen LogP contribution in [0.1, 0.15) is 37.2 Å². The molecule has 0 aliphatic rings. The van der Waals surface area contributed by atoms with Crippen molar-refractivity contribution in [3.8, 4) is 17.3 Å². The van der Waals surface area contributed by atoms with E-state index in [4.69, 9.17) is 9.97 Å². The first-order valence-corrected chi connectivity index (χ1v) is 12.9. The van der Waals surface area contributed by atoms with Crippen molar-refractivity contribution < 1.29 is 4.39 Å². The van der Waals surface area contributed by atoms with Crippen LogP contribution >= 0.6 is 11.3 Å². The number of nitrogens with zero attached hydrogens (tertiary/aromatic N) is 6. The molecule has 3 aromatic rings.